The van der Waals surface area contributed by atoms with Crippen molar-refractivity contribution >= 4 is 38.9 Å². The second-order valence-electron chi connectivity index (χ2n) is 9.59. The highest BCUT2D eigenvalue weighted by Gasteiger charge is 2.42. The monoisotopic (exact) mass is 583 g/mol. The number of rotatable bonds is 8. The topological polar surface area (TPSA) is 89.4 Å². The summed E-state index contributed by atoms with van der Waals surface area (Å²) in [6, 6.07) is 8.51. The first-order valence-corrected chi connectivity index (χ1v) is 14.5. The van der Waals surface area contributed by atoms with E-state index in [2.05, 4.69) is 10.3 Å². The zero-order chi connectivity index (χ0) is 28.5. The van der Waals surface area contributed by atoms with Crippen molar-refractivity contribution in [3.63, 3.8) is 0 Å². The number of hydrogen-bond donors (Lipinski definition) is 2. The van der Waals surface area contributed by atoms with Gasteiger partial charge in [0.05, 0.1) is 17.1 Å². The Kier molecular flexibility index (Phi) is 8.45. The lowest BCUT2D eigenvalue weighted by molar-refractivity contribution is -0.176. The average molecular weight is 584 g/mol. The Balaban J connectivity index is 1.71. The van der Waals surface area contributed by atoms with Gasteiger partial charge in [0.15, 0.2) is 4.21 Å². The third-order valence-electron chi connectivity index (χ3n) is 6.79. The average Bonchev–Trinajstić information content (AvgIpc) is 3.32. The largest absolute Gasteiger partial charge is 0.392 e. The Bertz CT molecular complexity index is 1440. The Morgan fingerprint density at radius 2 is 1.90 bits per heavy atom. The first-order chi connectivity index (χ1) is 18.3. The summed E-state index contributed by atoms with van der Waals surface area (Å²) in [5, 5.41) is 11.7. The van der Waals surface area contributed by atoms with Crippen LogP contribution in [0.3, 0.4) is 0 Å². The molecule has 0 amide bonds. The summed E-state index contributed by atoms with van der Waals surface area (Å²) in [5.41, 5.74) is 2.97. The number of piperazine rings is 1. The van der Waals surface area contributed by atoms with E-state index in [4.69, 9.17) is 5.41 Å². The lowest BCUT2D eigenvalue weighted by Gasteiger charge is -2.42. The highest BCUT2D eigenvalue weighted by molar-refractivity contribution is 7.91. The van der Waals surface area contributed by atoms with Crippen LogP contribution in [0.4, 0.5) is 28.9 Å². The second kappa shape index (κ2) is 11.3. The predicted molar refractivity (Wildman–Crippen MR) is 144 cm³/mol. The van der Waals surface area contributed by atoms with Gasteiger partial charge in [0.25, 0.3) is 10.0 Å². The number of anilines is 2. The van der Waals surface area contributed by atoms with Crippen molar-refractivity contribution in [3.05, 3.63) is 70.1 Å². The van der Waals surface area contributed by atoms with Crippen molar-refractivity contribution < 1.29 is 26.0 Å². The van der Waals surface area contributed by atoms with Gasteiger partial charge in [-0.05, 0) is 61.4 Å². The minimum absolute atomic E-state index is 0.0427. The molecule has 0 radical (unpaired) electrons. The van der Waals surface area contributed by atoms with Crippen LogP contribution in [0.1, 0.15) is 34.7 Å². The number of nitrogens with one attached hydrogen (secondary N) is 2. The van der Waals surface area contributed by atoms with Crippen LogP contribution in [-0.2, 0) is 10.0 Å². The summed E-state index contributed by atoms with van der Waals surface area (Å²) >= 11 is 1.05. The van der Waals surface area contributed by atoms with E-state index in [-0.39, 0.29) is 30.4 Å². The molecule has 1 aliphatic heterocycles. The van der Waals surface area contributed by atoms with Gasteiger partial charge in [0.1, 0.15) is 5.82 Å². The third kappa shape index (κ3) is 6.48. The number of benzene rings is 2. The molecule has 13 heteroatoms. The molecule has 39 heavy (non-hydrogen) atoms. The molecule has 0 saturated carbocycles. The molecule has 210 valence electrons. The van der Waals surface area contributed by atoms with Crippen LogP contribution in [-0.4, -0.2) is 61.2 Å². The van der Waals surface area contributed by atoms with Gasteiger partial charge in [-0.25, -0.2) is 17.8 Å². The van der Waals surface area contributed by atoms with E-state index in [1.807, 2.05) is 0 Å². The Hall–Kier alpha value is -2.87. The number of halogens is 4. The van der Waals surface area contributed by atoms with Crippen molar-refractivity contribution in [2.24, 2.45) is 5.92 Å². The van der Waals surface area contributed by atoms with Crippen LogP contribution in [0.15, 0.2) is 46.8 Å². The smallest absolute Gasteiger partial charge is 0.355 e. The number of nitrogens with zero attached hydrogens (tertiary/aromatic N) is 3. The lowest BCUT2D eigenvalue weighted by atomic mass is 9.94. The normalized spacial score (nSPS) is 18.2. The molecule has 1 aromatic heterocycles. The molecule has 2 aromatic carbocycles. The fraction of sp³-hybridized carbons (Fsp3) is 0.385. The summed E-state index contributed by atoms with van der Waals surface area (Å²) in [6.07, 6.45) is -1.97. The van der Waals surface area contributed by atoms with Crippen LogP contribution in [0, 0.1) is 31.0 Å². The molecule has 2 N–H and O–H groups in total. The Morgan fingerprint density at radius 3 is 2.49 bits per heavy atom. The minimum Gasteiger partial charge on any atom is -0.355 e. The number of alkyl halides is 3. The molecule has 0 aliphatic carbocycles. The van der Waals surface area contributed by atoms with E-state index < -0.39 is 34.0 Å². The summed E-state index contributed by atoms with van der Waals surface area (Å²) in [7, 11) is -3.89. The fourth-order valence-electron chi connectivity index (χ4n) is 4.59. The molecular formula is C26H29F4N5O2S2. The van der Waals surface area contributed by atoms with Crippen LogP contribution in [0.2, 0.25) is 0 Å². The Labute approximate surface area is 229 Å². The van der Waals surface area contributed by atoms with Crippen LogP contribution < -0.4 is 5.32 Å². The van der Waals surface area contributed by atoms with E-state index in [1.165, 1.54) is 22.6 Å². The second-order valence-corrected chi connectivity index (χ2v) is 13.0. The zero-order valence-electron chi connectivity index (χ0n) is 21.6. The standard InChI is InChI=1S/C26H29F4N5O2S2/c1-16-10-23(33-21-6-4-20(27)5-7-21)19(12-31)11-22(16)24-15-35(39(36,37)25-13-32-18(3)38-25)9-8-34(24)14-17(2)26(28,29)30/h4-7,10-13,17,24,31,33H,8-9,14-15H2,1-3H3/t17?,24-/m0/s1. The number of hydrogen-bond acceptors (Lipinski definition) is 7. The zero-order valence-corrected chi connectivity index (χ0v) is 23.2. The van der Waals surface area contributed by atoms with Crippen molar-refractivity contribution in [2.45, 2.75) is 37.2 Å². The molecule has 0 spiro atoms. The van der Waals surface area contributed by atoms with Gasteiger partial charge < -0.3 is 10.7 Å². The summed E-state index contributed by atoms with van der Waals surface area (Å²) < 4.78 is 82.0. The van der Waals surface area contributed by atoms with Gasteiger partial charge in [-0.1, -0.05) is 6.92 Å². The summed E-state index contributed by atoms with van der Waals surface area (Å²) in [4.78, 5) is 5.72. The van der Waals surface area contributed by atoms with Crippen molar-refractivity contribution in [1.29, 1.82) is 5.41 Å². The first-order valence-electron chi connectivity index (χ1n) is 12.2. The molecule has 2 atom stereocenters. The molecule has 1 saturated heterocycles. The minimum atomic E-state index is -4.40. The highest BCUT2D eigenvalue weighted by Crippen LogP contribution is 2.37. The van der Waals surface area contributed by atoms with Crippen molar-refractivity contribution in [2.75, 3.05) is 31.5 Å². The van der Waals surface area contributed by atoms with Gasteiger partial charge in [-0.3, -0.25) is 4.90 Å². The number of aryl methyl sites for hydroxylation is 2. The molecule has 2 heterocycles. The lowest BCUT2D eigenvalue weighted by Crippen LogP contribution is -2.52. The predicted octanol–water partition coefficient (Wildman–Crippen LogP) is 5.89. The number of aromatic nitrogens is 1. The number of thiazole rings is 1. The van der Waals surface area contributed by atoms with E-state index >= 15 is 0 Å². The third-order valence-corrected chi connectivity index (χ3v) is 10.0. The van der Waals surface area contributed by atoms with Crippen LogP contribution in [0.5, 0.6) is 0 Å². The van der Waals surface area contributed by atoms with Crippen molar-refractivity contribution in [3.8, 4) is 0 Å². The highest BCUT2D eigenvalue weighted by atomic mass is 32.2. The van der Waals surface area contributed by atoms with Gasteiger partial charge in [-0.2, -0.15) is 17.5 Å². The molecular weight excluding hydrogens is 554 g/mol. The van der Waals surface area contributed by atoms with Gasteiger partial charge in [0.2, 0.25) is 0 Å². The maximum absolute atomic E-state index is 13.5. The van der Waals surface area contributed by atoms with Gasteiger partial charge in [0, 0.05) is 55.4 Å². The summed E-state index contributed by atoms with van der Waals surface area (Å²) in [5.74, 6) is -2.01. The van der Waals surface area contributed by atoms with Gasteiger partial charge >= 0.3 is 6.18 Å². The first kappa shape index (κ1) is 29.1. The summed E-state index contributed by atoms with van der Waals surface area (Å²) in [6.45, 7) is 4.42. The van der Waals surface area contributed by atoms with Crippen LogP contribution >= 0.6 is 11.3 Å². The molecule has 3 aromatic rings. The Morgan fingerprint density at radius 1 is 1.21 bits per heavy atom. The van der Waals surface area contributed by atoms with E-state index in [0.717, 1.165) is 24.5 Å². The number of sulfonamides is 1. The molecule has 4 rings (SSSR count). The maximum Gasteiger partial charge on any atom is 0.392 e. The maximum atomic E-state index is 13.5. The van der Waals surface area contributed by atoms with Crippen molar-refractivity contribution in [1.82, 2.24) is 14.2 Å². The molecule has 7 nitrogen and oxygen atoms in total. The van der Waals surface area contributed by atoms with Crippen LogP contribution in [0.25, 0.3) is 0 Å². The molecule has 0 bridgehead atoms. The van der Waals surface area contributed by atoms with E-state index in [0.29, 0.717) is 33.1 Å². The SMILES string of the molecule is Cc1ncc(S(=O)(=O)N2CCN(CC(C)C(F)(F)F)[C@H](c3cc(C=N)c(Nc4ccc(F)cc4)cc3C)C2)s1. The van der Waals surface area contributed by atoms with E-state index in [9.17, 15) is 26.0 Å². The van der Waals surface area contributed by atoms with Gasteiger partial charge in [-0.15, -0.1) is 11.3 Å². The van der Waals surface area contributed by atoms with E-state index in [1.54, 1.807) is 43.0 Å². The fourth-order valence-corrected chi connectivity index (χ4v) is 7.29. The molecule has 1 unspecified atom stereocenters. The quantitative estimate of drug-likeness (QED) is 0.255. The molecule has 1 aliphatic rings. The molecule has 1 fully saturated rings.